The van der Waals surface area contributed by atoms with E-state index in [2.05, 4.69) is 21.2 Å². The summed E-state index contributed by atoms with van der Waals surface area (Å²) in [6.07, 6.45) is 0.708. The van der Waals surface area contributed by atoms with Crippen molar-refractivity contribution in [1.29, 1.82) is 0 Å². The Hall–Kier alpha value is -1.39. The molecule has 2 aromatic rings. The van der Waals surface area contributed by atoms with Gasteiger partial charge in [0, 0.05) is 16.1 Å². The van der Waals surface area contributed by atoms with Crippen molar-refractivity contribution in [2.75, 3.05) is 14.2 Å². The molecule has 0 aliphatic rings. The lowest BCUT2D eigenvalue weighted by molar-refractivity contribution is 0.380. The first kappa shape index (κ1) is 15.0. The van der Waals surface area contributed by atoms with Crippen molar-refractivity contribution in [1.82, 2.24) is 5.32 Å². The van der Waals surface area contributed by atoms with Crippen LogP contribution in [0.2, 0.25) is 0 Å². The topological polar surface area (TPSA) is 21.3 Å². The van der Waals surface area contributed by atoms with E-state index < -0.39 is 0 Å². The molecule has 2 aromatic carbocycles. The van der Waals surface area contributed by atoms with Gasteiger partial charge in [0.15, 0.2) is 11.6 Å². The fourth-order valence-electron chi connectivity index (χ4n) is 2.22. The minimum absolute atomic E-state index is 0.0978. The average molecular weight is 338 g/mol. The molecule has 0 saturated heterocycles. The van der Waals surface area contributed by atoms with Gasteiger partial charge in [-0.05, 0) is 37.2 Å². The Balaban J connectivity index is 2.29. The summed E-state index contributed by atoms with van der Waals surface area (Å²) in [5.41, 5.74) is 1.76. The third-order valence-electron chi connectivity index (χ3n) is 3.27. The second kappa shape index (κ2) is 6.86. The largest absolute Gasteiger partial charge is 0.494 e. The van der Waals surface area contributed by atoms with E-state index in [1.165, 1.54) is 7.11 Å². The van der Waals surface area contributed by atoms with Crippen molar-refractivity contribution in [3.63, 3.8) is 0 Å². The Morgan fingerprint density at radius 3 is 2.65 bits per heavy atom. The third-order valence-corrected chi connectivity index (χ3v) is 3.76. The summed E-state index contributed by atoms with van der Waals surface area (Å²) in [6.45, 7) is 0. The van der Waals surface area contributed by atoms with E-state index in [9.17, 15) is 4.39 Å². The molecule has 20 heavy (non-hydrogen) atoms. The van der Waals surface area contributed by atoms with E-state index >= 15 is 0 Å². The molecule has 0 bridgehead atoms. The Kier molecular flexibility index (Phi) is 5.15. The van der Waals surface area contributed by atoms with E-state index in [0.29, 0.717) is 12.0 Å². The van der Waals surface area contributed by atoms with E-state index in [0.717, 1.165) is 10.0 Å². The standard InChI is InChI=1S/C16H17BrFNO/c1-19-14(10-11-5-3-6-12(17)9-11)13-7-4-8-15(20-2)16(13)18/h3-9,14,19H,10H2,1-2H3. The normalized spacial score (nSPS) is 12.2. The highest BCUT2D eigenvalue weighted by atomic mass is 79.9. The third kappa shape index (κ3) is 3.38. The molecule has 0 amide bonds. The van der Waals surface area contributed by atoms with Gasteiger partial charge < -0.3 is 10.1 Å². The smallest absolute Gasteiger partial charge is 0.169 e. The molecular weight excluding hydrogens is 321 g/mol. The summed E-state index contributed by atoms with van der Waals surface area (Å²) >= 11 is 3.45. The minimum atomic E-state index is -0.302. The summed E-state index contributed by atoms with van der Waals surface area (Å²) in [5.74, 6) is -0.0265. The molecule has 0 aromatic heterocycles. The Labute approximate surface area is 127 Å². The molecule has 0 radical (unpaired) electrons. The van der Waals surface area contributed by atoms with Crippen LogP contribution in [0.4, 0.5) is 4.39 Å². The fraction of sp³-hybridized carbons (Fsp3) is 0.250. The quantitative estimate of drug-likeness (QED) is 0.886. The molecular formula is C16H17BrFNO. The van der Waals surface area contributed by atoms with Gasteiger partial charge in [0.25, 0.3) is 0 Å². The summed E-state index contributed by atoms with van der Waals surface area (Å²) in [7, 11) is 3.31. The van der Waals surface area contributed by atoms with Crippen LogP contribution in [0.5, 0.6) is 5.75 Å². The van der Waals surface area contributed by atoms with Gasteiger partial charge in [-0.1, -0.05) is 40.2 Å². The molecule has 2 nitrogen and oxygen atoms in total. The summed E-state index contributed by atoms with van der Waals surface area (Å²) in [4.78, 5) is 0. The van der Waals surface area contributed by atoms with Gasteiger partial charge in [-0.3, -0.25) is 0 Å². The molecule has 0 aliphatic carbocycles. The van der Waals surface area contributed by atoms with Gasteiger partial charge in [-0.2, -0.15) is 0 Å². The summed E-state index contributed by atoms with van der Waals surface area (Å²) in [6, 6.07) is 13.2. The Bertz CT molecular complexity index is 588. The maximum atomic E-state index is 14.3. The van der Waals surface area contributed by atoms with Crippen molar-refractivity contribution in [3.8, 4) is 5.75 Å². The van der Waals surface area contributed by atoms with Gasteiger partial charge in [0.05, 0.1) is 7.11 Å². The van der Waals surface area contributed by atoms with E-state index in [1.807, 2.05) is 37.4 Å². The molecule has 1 atom stereocenters. The van der Waals surface area contributed by atoms with Crippen LogP contribution in [0.15, 0.2) is 46.9 Å². The predicted octanol–water partition coefficient (Wildman–Crippen LogP) is 4.10. The van der Waals surface area contributed by atoms with Crippen molar-refractivity contribution in [3.05, 3.63) is 63.9 Å². The molecule has 106 valence electrons. The summed E-state index contributed by atoms with van der Waals surface area (Å²) < 4.78 is 20.4. The lowest BCUT2D eigenvalue weighted by Gasteiger charge is -2.18. The molecule has 0 aliphatic heterocycles. The van der Waals surface area contributed by atoms with Crippen LogP contribution in [-0.4, -0.2) is 14.2 Å². The molecule has 2 rings (SSSR count). The van der Waals surface area contributed by atoms with Gasteiger partial charge in [-0.25, -0.2) is 4.39 Å². The monoisotopic (exact) mass is 337 g/mol. The zero-order valence-electron chi connectivity index (χ0n) is 11.5. The van der Waals surface area contributed by atoms with E-state index in [1.54, 1.807) is 12.1 Å². The van der Waals surface area contributed by atoms with Crippen LogP contribution in [0.3, 0.4) is 0 Å². The Morgan fingerprint density at radius 2 is 2.00 bits per heavy atom. The van der Waals surface area contributed by atoms with Crippen molar-refractivity contribution >= 4 is 15.9 Å². The zero-order chi connectivity index (χ0) is 14.5. The second-order valence-corrected chi connectivity index (χ2v) is 5.45. The number of hydrogen-bond donors (Lipinski definition) is 1. The van der Waals surface area contributed by atoms with Crippen LogP contribution in [0.1, 0.15) is 17.2 Å². The SMILES string of the molecule is CNC(Cc1cccc(Br)c1)c1cccc(OC)c1F. The predicted molar refractivity (Wildman–Crippen MR) is 82.6 cm³/mol. The van der Waals surface area contributed by atoms with Crippen LogP contribution < -0.4 is 10.1 Å². The molecule has 1 N–H and O–H groups in total. The number of likely N-dealkylation sites (N-methyl/N-ethyl adjacent to an activating group) is 1. The van der Waals surface area contributed by atoms with Gasteiger partial charge >= 0.3 is 0 Å². The van der Waals surface area contributed by atoms with Crippen molar-refractivity contribution in [2.45, 2.75) is 12.5 Å². The van der Waals surface area contributed by atoms with E-state index in [4.69, 9.17) is 4.74 Å². The second-order valence-electron chi connectivity index (χ2n) is 4.54. The summed E-state index contributed by atoms with van der Waals surface area (Å²) in [5, 5.41) is 3.17. The molecule has 0 saturated carbocycles. The van der Waals surface area contributed by atoms with Gasteiger partial charge in [0.1, 0.15) is 0 Å². The van der Waals surface area contributed by atoms with Gasteiger partial charge in [-0.15, -0.1) is 0 Å². The zero-order valence-corrected chi connectivity index (χ0v) is 13.1. The van der Waals surface area contributed by atoms with Crippen molar-refractivity contribution < 1.29 is 9.13 Å². The Morgan fingerprint density at radius 1 is 1.25 bits per heavy atom. The number of halogens is 2. The van der Waals surface area contributed by atoms with E-state index in [-0.39, 0.29) is 17.6 Å². The van der Waals surface area contributed by atoms with Crippen LogP contribution >= 0.6 is 15.9 Å². The number of rotatable bonds is 5. The lowest BCUT2D eigenvalue weighted by atomic mass is 9.98. The first-order valence-electron chi connectivity index (χ1n) is 6.39. The number of benzene rings is 2. The van der Waals surface area contributed by atoms with Crippen LogP contribution in [-0.2, 0) is 6.42 Å². The molecule has 4 heteroatoms. The first-order valence-corrected chi connectivity index (χ1v) is 7.19. The minimum Gasteiger partial charge on any atom is -0.494 e. The fourth-order valence-corrected chi connectivity index (χ4v) is 2.67. The average Bonchev–Trinajstić information content (AvgIpc) is 2.45. The maximum Gasteiger partial charge on any atom is 0.169 e. The van der Waals surface area contributed by atoms with Crippen molar-refractivity contribution in [2.24, 2.45) is 0 Å². The van der Waals surface area contributed by atoms with Gasteiger partial charge in [0.2, 0.25) is 0 Å². The van der Waals surface area contributed by atoms with Crippen LogP contribution in [0, 0.1) is 5.82 Å². The molecule has 0 heterocycles. The first-order chi connectivity index (χ1) is 9.65. The lowest BCUT2D eigenvalue weighted by Crippen LogP contribution is -2.20. The number of nitrogens with one attached hydrogen (secondary N) is 1. The molecule has 0 fully saturated rings. The maximum absolute atomic E-state index is 14.3. The number of methoxy groups -OCH3 is 1. The molecule has 1 unspecified atom stereocenters. The highest BCUT2D eigenvalue weighted by Crippen LogP contribution is 2.27. The van der Waals surface area contributed by atoms with Crippen LogP contribution in [0.25, 0.3) is 0 Å². The highest BCUT2D eigenvalue weighted by Gasteiger charge is 2.17. The molecule has 0 spiro atoms. The number of ether oxygens (including phenoxy) is 1. The highest BCUT2D eigenvalue weighted by molar-refractivity contribution is 9.10. The number of hydrogen-bond acceptors (Lipinski definition) is 2.